The van der Waals surface area contributed by atoms with E-state index in [0.29, 0.717) is 0 Å². The Balaban J connectivity index is 0.000000113. The summed E-state index contributed by atoms with van der Waals surface area (Å²) in [5, 5.41) is 0. The topological polar surface area (TPSA) is 170 Å². The van der Waals surface area contributed by atoms with Crippen molar-refractivity contribution in [2.24, 2.45) is 15.0 Å². The average Bonchev–Trinajstić information content (AvgIpc) is 1.95. The average molecular weight is 1280 g/mol. The summed E-state index contributed by atoms with van der Waals surface area (Å²) in [6, 6.07) is 44.0. The molecule has 0 amide bonds. The van der Waals surface area contributed by atoms with Crippen LogP contribution in [0.15, 0.2) is 203 Å². The molecule has 17 nitrogen and oxygen atoms in total. The van der Waals surface area contributed by atoms with Gasteiger partial charge in [0.25, 0.3) is 0 Å². The Morgan fingerprint density at radius 1 is 0.385 bits per heavy atom. The summed E-state index contributed by atoms with van der Waals surface area (Å²) >= 11 is 3.55. The first-order valence-electron chi connectivity index (χ1n) is 31.1. The molecule has 0 atom stereocenters. The van der Waals surface area contributed by atoms with Gasteiger partial charge in [0.2, 0.25) is 0 Å². The molecular weight excluding hydrogens is 1200 g/mol. The van der Waals surface area contributed by atoms with Gasteiger partial charge >= 0.3 is 7.12 Å². The van der Waals surface area contributed by atoms with Crippen molar-refractivity contribution < 1.29 is 23.5 Å². The summed E-state index contributed by atoms with van der Waals surface area (Å²) in [5.41, 5.74) is 18.9. The number of nitrogens with zero attached hydrogens (tertiary/aromatic N) is 12. The maximum Gasteiger partial charge on any atom is 0.496 e. The number of ether oxygens (including phenoxy) is 3. The van der Waals surface area contributed by atoms with Crippen molar-refractivity contribution in [1.29, 1.82) is 0 Å². The van der Waals surface area contributed by atoms with E-state index in [4.69, 9.17) is 38.5 Å². The first-order valence-corrected chi connectivity index (χ1v) is 31.9. The standard InChI is InChI=1S/2C22H20N4O.C17H16BrN3O.C11H16BNO2/c2*1-2-18(14-23-6-1)16-3-4-19-15-25-22(20(19)12-16)17-5-7-24-21(13-17)26-8-10-27-11-9-26;18-14-2-1-13-11-20-17(15(13)10-14)12-3-4-19-16(9-12)21-5-7-22-8-6-21;1-10(2)11(3,4)15-12(14-10)9-6-5-7-13-8-9/h2*1-7,12-14H,8-11,15H2;1-4,9-10H,5-8,11H2;5-8H,1-4H3. The van der Waals surface area contributed by atoms with E-state index in [9.17, 15) is 0 Å². The van der Waals surface area contributed by atoms with Crippen molar-refractivity contribution >= 4 is 63.1 Å². The second-order valence-corrected chi connectivity index (χ2v) is 24.8. The summed E-state index contributed by atoms with van der Waals surface area (Å²) < 4.78 is 29.2. The van der Waals surface area contributed by atoms with E-state index >= 15 is 0 Å². The zero-order valence-corrected chi connectivity index (χ0v) is 53.4. The van der Waals surface area contributed by atoms with Crippen LogP contribution in [-0.4, -0.2) is 144 Å². The van der Waals surface area contributed by atoms with Gasteiger partial charge in [0.15, 0.2) is 0 Å². The monoisotopic (exact) mass is 1270 g/mol. The molecule has 6 aromatic heterocycles. The highest BCUT2D eigenvalue weighted by Crippen LogP contribution is 2.37. The number of rotatable bonds is 9. The largest absolute Gasteiger partial charge is 0.496 e. The van der Waals surface area contributed by atoms with Crippen molar-refractivity contribution in [3.05, 3.63) is 238 Å². The first kappa shape index (κ1) is 61.2. The molecule has 91 heavy (non-hydrogen) atoms. The molecule has 0 unspecified atom stereocenters. The van der Waals surface area contributed by atoms with Gasteiger partial charge in [-0.25, -0.2) is 15.0 Å². The van der Waals surface area contributed by atoms with Crippen molar-refractivity contribution in [2.45, 2.75) is 58.5 Å². The first-order chi connectivity index (χ1) is 44.5. The predicted molar refractivity (Wildman–Crippen MR) is 363 cm³/mol. The van der Waals surface area contributed by atoms with Gasteiger partial charge in [-0.15, -0.1) is 0 Å². The normalized spacial score (nSPS) is 17.6. The Hall–Kier alpha value is -8.69. The molecule has 4 saturated heterocycles. The molecule has 0 saturated carbocycles. The summed E-state index contributed by atoms with van der Waals surface area (Å²) in [6.45, 7) is 20.3. The third-order valence-electron chi connectivity index (χ3n) is 17.5. The summed E-state index contributed by atoms with van der Waals surface area (Å²) in [7, 11) is -0.302. The minimum atomic E-state index is -0.302. The predicted octanol–water partition coefficient (Wildman–Crippen LogP) is 11.1. The van der Waals surface area contributed by atoms with E-state index < -0.39 is 0 Å². The quantitative estimate of drug-likeness (QED) is 0.125. The number of morpholine rings is 3. The highest BCUT2D eigenvalue weighted by molar-refractivity contribution is 9.10. The van der Waals surface area contributed by atoms with E-state index in [1.165, 1.54) is 44.5 Å². The second kappa shape index (κ2) is 27.8. The zero-order chi connectivity index (χ0) is 62.2. The number of hydrogen-bond acceptors (Lipinski definition) is 17. The number of anilines is 3. The Morgan fingerprint density at radius 3 is 1.13 bits per heavy atom. The van der Waals surface area contributed by atoms with Gasteiger partial charge in [-0.3, -0.25) is 29.9 Å². The molecule has 7 aliphatic heterocycles. The lowest BCUT2D eigenvalue weighted by atomic mass is 9.80. The second-order valence-electron chi connectivity index (χ2n) is 23.9. The van der Waals surface area contributed by atoms with Crippen LogP contribution in [0.2, 0.25) is 0 Å². The molecule has 0 radical (unpaired) electrons. The Kier molecular flexibility index (Phi) is 18.7. The molecule has 19 heteroatoms. The molecule has 0 spiro atoms. The van der Waals surface area contributed by atoms with Gasteiger partial charge in [-0.1, -0.05) is 64.5 Å². The van der Waals surface area contributed by atoms with Gasteiger partial charge in [-0.05, 0) is 134 Å². The molecule has 460 valence electrons. The molecule has 0 aliphatic carbocycles. The summed E-state index contributed by atoms with van der Waals surface area (Å²) in [6.07, 6.45) is 16.6. The SMILES string of the molecule is Brc1ccc2c(c1)C(c1ccnc(N3CCOCC3)c1)=NC2.CC1(C)OB(c2cccnc2)OC1(C)C.c1cncc(-c2ccc3c(c2)C(c2ccnc(N4CCOCC4)c2)=NC3)c1.c1cncc(-c2ccc3c(c2)C(c2ccnc(N4CCOCC4)c2)=NC3)c1. The van der Waals surface area contributed by atoms with E-state index in [-0.39, 0.29) is 18.3 Å². The molecule has 0 N–H and O–H groups in total. The minimum absolute atomic E-state index is 0.284. The maximum atomic E-state index is 5.89. The maximum absolute atomic E-state index is 5.89. The lowest BCUT2D eigenvalue weighted by molar-refractivity contribution is 0.00578. The van der Waals surface area contributed by atoms with Crippen molar-refractivity contribution in [1.82, 2.24) is 29.9 Å². The van der Waals surface area contributed by atoms with Gasteiger partial charge in [0.1, 0.15) is 17.5 Å². The third kappa shape index (κ3) is 14.1. The van der Waals surface area contributed by atoms with E-state index in [2.05, 4.69) is 158 Å². The van der Waals surface area contributed by atoms with Crippen LogP contribution in [0.1, 0.15) is 77.8 Å². The number of aliphatic imine (C=N–C) groups is 3. The Bertz CT molecular complexity index is 3920. The van der Waals surface area contributed by atoms with Crippen LogP contribution in [-0.2, 0) is 43.2 Å². The number of hydrogen-bond donors (Lipinski definition) is 0. The number of benzene rings is 3. The van der Waals surface area contributed by atoms with Crippen LogP contribution in [0, 0.1) is 0 Å². The van der Waals surface area contributed by atoms with E-state index in [1.807, 2.05) is 89.0 Å². The number of halogens is 1. The number of pyridine rings is 6. The number of aromatic nitrogens is 6. The zero-order valence-electron chi connectivity index (χ0n) is 51.8. The van der Waals surface area contributed by atoms with Gasteiger partial charge in [0.05, 0.1) is 87.6 Å². The molecule has 13 heterocycles. The molecular formula is C72H72BBrN12O5. The van der Waals surface area contributed by atoms with Crippen LogP contribution in [0.3, 0.4) is 0 Å². The van der Waals surface area contributed by atoms with Crippen LogP contribution in [0.25, 0.3) is 22.3 Å². The highest BCUT2D eigenvalue weighted by atomic mass is 79.9. The molecule has 3 aromatic carbocycles. The molecule has 7 aliphatic rings. The lowest BCUT2D eigenvalue weighted by Gasteiger charge is -2.32. The molecule has 0 bridgehead atoms. The fraction of sp³-hybridized carbons (Fsp3) is 0.292. The summed E-state index contributed by atoms with van der Waals surface area (Å²) in [5.74, 6) is 3.00. The lowest BCUT2D eigenvalue weighted by Crippen LogP contribution is -2.41. The van der Waals surface area contributed by atoms with Gasteiger partial charge in [-0.2, -0.15) is 0 Å². The van der Waals surface area contributed by atoms with Crippen LogP contribution in [0.5, 0.6) is 0 Å². The van der Waals surface area contributed by atoms with Crippen LogP contribution >= 0.6 is 15.9 Å². The smallest absolute Gasteiger partial charge is 0.399 e. The highest BCUT2D eigenvalue weighted by Gasteiger charge is 2.51. The van der Waals surface area contributed by atoms with Crippen LogP contribution < -0.4 is 20.2 Å². The fourth-order valence-electron chi connectivity index (χ4n) is 11.8. The minimum Gasteiger partial charge on any atom is -0.399 e. The van der Waals surface area contributed by atoms with Crippen LogP contribution in [0.4, 0.5) is 17.5 Å². The van der Waals surface area contributed by atoms with Crippen molar-refractivity contribution in [3.8, 4) is 22.3 Å². The molecule has 4 fully saturated rings. The molecule has 16 rings (SSSR count). The Labute approximate surface area is 540 Å². The van der Waals surface area contributed by atoms with Gasteiger partial charge in [0, 0.05) is 149 Å². The van der Waals surface area contributed by atoms with Gasteiger partial charge < -0.3 is 38.2 Å². The van der Waals surface area contributed by atoms with E-state index in [0.717, 1.165) is 171 Å². The summed E-state index contributed by atoms with van der Waals surface area (Å²) in [4.78, 5) is 47.4. The fourth-order valence-corrected chi connectivity index (χ4v) is 12.1. The Morgan fingerprint density at radius 2 is 0.758 bits per heavy atom. The molecule has 9 aromatic rings. The number of fused-ring (bicyclic) bond motifs is 3. The van der Waals surface area contributed by atoms with Crippen molar-refractivity contribution in [3.63, 3.8) is 0 Å². The van der Waals surface area contributed by atoms with Crippen molar-refractivity contribution in [2.75, 3.05) is 93.6 Å². The third-order valence-corrected chi connectivity index (χ3v) is 18.0. The van der Waals surface area contributed by atoms with E-state index in [1.54, 1.807) is 24.8 Å².